The molecule has 0 saturated heterocycles. The number of hydrogen-bond donors (Lipinski definition) is 5. The van der Waals surface area contributed by atoms with E-state index in [2.05, 4.69) is 20.8 Å². The second-order valence-electron chi connectivity index (χ2n) is 7.77. The van der Waals surface area contributed by atoms with E-state index in [1.807, 2.05) is 0 Å². The third kappa shape index (κ3) is 4.43. The maximum absolute atomic E-state index is 12.1. The second-order valence-corrected chi connectivity index (χ2v) is 7.77. The summed E-state index contributed by atoms with van der Waals surface area (Å²) in [6.07, 6.45) is -8.94. The monoisotopic (exact) mass is 362 g/mol. The maximum atomic E-state index is 12.1. The average Bonchev–Trinajstić information content (AvgIpc) is 2.55. The van der Waals surface area contributed by atoms with Crippen molar-refractivity contribution >= 4 is 6.16 Å². The van der Waals surface area contributed by atoms with Gasteiger partial charge in [0.2, 0.25) is 0 Å². The van der Waals surface area contributed by atoms with Gasteiger partial charge in [0.1, 0.15) is 36.6 Å². The van der Waals surface area contributed by atoms with E-state index in [9.17, 15) is 30.3 Å². The van der Waals surface area contributed by atoms with Gasteiger partial charge >= 0.3 is 6.16 Å². The highest BCUT2D eigenvalue weighted by Gasteiger charge is 2.50. The number of carbonyl (C=O) groups is 1. The zero-order chi connectivity index (χ0) is 18.9. The van der Waals surface area contributed by atoms with Crippen LogP contribution in [0.1, 0.15) is 40.0 Å². The molecule has 5 N–H and O–H groups in total. The van der Waals surface area contributed by atoms with Crippen LogP contribution in [0.4, 0.5) is 4.79 Å². The SMILES string of the molecule is CC(C)[C@@H]1CC[C@@H](C)C[C@H]1OC(=O)OC1[C@H](O)[C@H](O)C(O)[C@H](O)[C@H]1O. The Kier molecular flexibility index (Phi) is 6.67. The summed E-state index contributed by atoms with van der Waals surface area (Å²) < 4.78 is 10.4. The number of carbonyl (C=O) groups excluding carboxylic acids is 1. The Labute approximate surface area is 147 Å². The normalized spacial score (nSPS) is 45.2. The van der Waals surface area contributed by atoms with Crippen LogP contribution < -0.4 is 0 Å². The van der Waals surface area contributed by atoms with Crippen LogP contribution in [0.25, 0.3) is 0 Å². The smallest absolute Gasteiger partial charge is 0.431 e. The van der Waals surface area contributed by atoms with Gasteiger partial charge in [-0.05, 0) is 30.6 Å². The fraction of sp³-hybridized carbons (Fsp3) is 0.941. The van der Waals surface area contributed by atoms with E-state index in [4.69, 9.17) is 9.47 Å². The van der Waals surface area contributed by atoms with Crippen LogP contribution in [0.5, 0.6) is 0 Å². The van der Waals surface area contributed by atoms with Crippen molar-refractivity contribution in [1.82, 2.24) is 0 Å². The molecule has 8 heteroatoms. The molecule has 0 aliphatic heterocycles. The van der Waals surface area contributed by atoms with Crippen LogP contribution in [0, 0.1) is 17.8 Å². The van der Waals surface area contributed by atoms with Crippen molar-refractivity contribution in [2.75, 3.05) is 0 Å². The molecule has 146 valence electrons. The van der Waals surface area contributed by atoms with Crippen LogP contribution in [-0.4, -0.2) is 74.4 Å². The molecule has 2 rings (SSSR count). The summed E-state index contributed by atoms with van der Waals surface area (Å²) in [5.74, 6) is 0.940. The first-order valence-corrected chi connectivity index (χ1v) is 8.91. The van der Waals surface area contributed by atoms with E-state index in [1.165, 1.54) is 0 Å². The first-order valence-electron chi connectivity index (χ1n) is 8.91. The minimum atomic E-state index is -1.74. The zero-order valence-corrected chi connectivity index (χ0v) is 14.9. The van der Waals surface area contributed by atoms with Crippen molar-refractivity contribution in [2.24, 2.45) is 17.8 Å². The highest BCUT2D eigenvalue weighted by atomic mass is 16.7. The minimum Gasteiger partial charge on any atom is -0.431 e. The van der Waals surface area contributed by atoms with Crippen molar-refractivity contribution in [1.29, 1.82) is 0 Å². The molecule has 0 amide bonds. The van der Waals surface area contributed by atoms with Crippen molar-refractivity contribution in [3.8, 4) is 0 Å². The highest BCUT2D eigenvalue weighted by molar-refractivity contribution is 5.60. The fourth-order valence-corrected chi connectivity index (χ4v) is 3.85. The van der Waals surface area contributed by atoms with Gasteiger partial charge in [0.15, 0.2) is 6.10 Å². The summed E-state index contributed by atoms with van der Waals surface area (Å²) in [5.41, 5.74) is 0. The standard InChI is InChI=1S/C17H30O8/c1-7(2)9-5-4-8(3)6-10(9)24-17(23)25-16-14(21)12(19)11(18)13(20)15(16)22/h7-16,18-22H,4-6H2,1-3H3/t8-,9+,10-,11?,12-,13+,14-,15-,16?/m1/s1. The number of rotatable bonds is 3. The van der Waals surface area contributed by atoms with Gasteiger partial charge in [0.05, 0.1) is 0 Å². The number of aliphatic hydroxyl groups excluding tert-OH is 5. The topological polar surface area (TPSA) is 137 Å². The molecule has 0 aromatic heterocycles. The zero-order valence-electron chi connectivity index (χ0n) is 14.9. The molecule has 2 unspecified atom stereocenters. The fourth-order valence-electron chi connectivity index (χ4n) is 3.85. The first kappa shape index (κ1) is 20.4. The van der Waals surface area contributed by atoms with Crippen LogP contribution in [0.3, 0.4) is 0 Å². The lowest BCUT2D eigenvalue weighted by atomic mass is 9.75. The van der Waals surface area contributed by atoms with E-state index in [0.717, 1.165) is 12.8 Å². The van der Waals surface area contributed by atoms with Gasteiger partial charge in [-0.1, -0.05) is 27.2 Å². The van der Waals surface area contributed by atoms with E-state index in [-0.39, 0.29) is 12.0 Å². The predicted molar refractivity (Wildman–Crippen MR) is 86.5 cm³/mol. The van der Waals surface area contributed by atoms with Gasteiger partial charge < -0.3 is 35.0 Å². The molecule has 8 nitrogen and oxygen atoms in total. The van der Waals surface area contributed by atoms with Crippen molar-refractivity contribution in [2.45, 2.75) is 82.8 Å². The van der Waals surface area contributed by atoms with Gasteiger partial charge in [-0.3, -0.25) is 0 Å². The Morgan fingerprint density at radius 1 is 0.880 bits per heavy atom. The maximum Gasteiger partial charge on any atom is 0.509 e. The predicted octanol–water partition coefficient (Wildman–Crippen LogP) is -0.213. The third-order valence-corrected chi connectivity index (χ3v) is 5.51. The molecule has 25 heavy (non-hydrogen) atoms. The number of hydrogen-bond acceptors (Lipinski definition) is 8. The van der Waals surface area contributed by atoms with Crippen LogP contribution >= 0.6 is 0 Å². The molecule has 0 aromatic carbocycles. The Morgan fingerprint density at radius 2 is 1.40 bits per heavy atom. The highest BCUT2D eigenvalue weighted by Crippen LogP contribution is 2.35. The summed E-state index contributed by atoms with van der Waals surface area (Å²) in [6.45, 7) is 6.21. The van der Waals surface area contributed by atoms with Crippen molar-refractivity contribution in [3.05, 3.63) is 0 Å². The van der Waals surface area contributed by atoms with E-state index < -0.39 is 42.8 Å². The van der Waals surface area contributed by atoms with Crippen LogP contribution in [-0.2, 0) is 9.47 Å². The lowest BCUT2D eigenvalue weighted by molar-refractivity contribution is -0.227. The molecule has 2 fully saturated rings. The third-order valence-electron chi connectivity index (χ3n) is 5.51. The average molecular weight is 362 g/mol. The van der Waals surface area contributed by atoms with Gasteiger partial charge in [-0.25, -0.2) is 4.79 Å². The second kappa shape index (κ2) is 8.18. The molecule has 0 bridgehead atoms. The molecule has 2 aliphatic rings. The van der Waals surface area contributed by atoms with Crippen molar-refractivity contribution in [3.63, 3.8) is 0 Å². The van der Waals surface area contributed by atoms with Crippen LogP contribution in [0.2, 0.25) is 0 Å². The quantitative estimate of drug-likeness (QED) is 0.435. The summed E-state index contributed by atoms with van der Waals surface area (Å²) in [4.78, 5) is 12.1. The van der Waals surface area contributed by atoms with E-state index in [1.54, 1.807) is 0 Å². The summed E-state index contributed by atoms with van der Waals surface area (Å²) in [7, 11) is 0. The Bertz CT molecular complexity index is 440. The summed E-state index contributed by atoms with van der Waals surface area (Å²) in [6, 6.07) is 0. The summed E-state index contributed by atoms with van der Waals surface area (Å²) in [5, 5.41) is 48.7. The number of ether oxygens (including phenoxy) is 2. The molecule has 0 radical (unpaired) electrons. The molecular formula is C17H30O8. The molecule has 0 spiro atoms. The molecule has 2 aliphatic carbocycles. The van der Waals surface area contributed by atoms with Gasteiger partial charge in [0.25, 0.3) is 0 Å². The lowest BCUT2D eigenvalue weighted by Crippen LogP contribution is -2.64. The van der Waals surface area contributed by atoms with Gasteiger partial charge in [0, 0.05) is 0 Å². The van der Waals surface area contributed by atoms with Crippen LogP contribution in [0.15, 0.2) is 0 Å². The number of aliphatic hydroxyl groups is 5. The first-order chi connectivity index (χ1) is 11.6. The lowest BCUT2D eigenvalue weighted by Gasteiger charge is -2.41. The Morgan fingerprint density at radius 3 is 1.92 bits per heavy atom. The van der Waals surface area contributed by atoms with E-state index in [0.29, 0.717) is 18.3 Å². The van der Waals surface area contributed by atoms with E-state index >= 15 is 0 Å². The largest absolute Gasteiger partial charge is 0.509 e. The van der Waals surface area contributed by atoms with Gasteiger partial charge in [-0.15, -0.1) is 0 Å². The summed E-state index contributed by atoms with van der Waals surface area (Å²) >= 11 is 0. The Hall–Kier alpha value is -0.930. The molecule has 0 aromatic rings. The van der Waals surface area contributed by atoms with Crippen molar-refractivity contribution < 1.29 is 39.8 Å². The Balaban J connectivity index is 2.00. The van der Waals surface area contributed by atoms with Gasteiger partial charge in [-0.2, -0.15) is 0 Å². The molecular weight excluding hydrogens is 332 g/mol. The minimum absolute atomic E-state index is 0.197. The molecule has 9 atom stereocenters. The molecule has 2 saturated carbocycles. The molecule has 0 heterocycles.